The molecule has 5 heteroatoms. The topological polar surface area (TPSA) is 83.8 Å². The van der Waals surface area contributed by atoms with Crippen molar-refractivity contribution in [2.45, 2.75) is 83.8 Å². The van der Waals surface area contributed by atoms with E-state index in [-0.39, 0.29) is 23.9 Å². The number of carbonyl (C=O) groups is 2. The van der Waals surface area contributed by atoms with Crippen molar-refractivity contribution in [3.63, 3.8) is 0 Å². The van der Waals surface area contributed by atoms with E-state index in [1.807, 2.05) is 0 Å². The van der Waals surface area contributed by atoms with Crippen molar-refractivity contribution in [3.05, 3.63) is 11.6 Å². The van der Waals surface area contributed by atoms with E-state index in [4.69, 9.17) is 4.74 Å². The number of ether oxygens (including phenoxy) is 1. The summed E-state index contributed by atoms with van der Waals surface area (Å²) in [6.45, 7) is 5.41. The summed E-state index contributed by atoms with van der Waals surface area (Å²) >= 11 is 0. The fraction of sp³-hybridized carbons (Fsp3) is 0.826. The van der Waals surface area contributed by atoms with Crippen LogP contribution in [0.15, 0.2) is 11.6 Å². The molecular formula is C23H34O5. The standard InChI is InChI=1S/C23H34O5/c1-14(24)28-13-20(26)23(27)11-8-19-17-5-4-15-12-16(25)6-9-21(15,2)18(17)7-10-22(19,23)3/h4,16-19,25,27H,5-13H2,1-3H3/t16-,17+,18-,19-,21-,22-,23?/m0/s1. The smallest absolute Gasteiger partial charge is 0.303 e. The van der Waals surface area contributed by atoms with Crippen molar-refractivity contribution < 1.29 is 24.5 Å². The van der Waals surface area contributed by atoms with Gasteiger partial charge in [0.15, 0.2) is 6.61 Å². The number of rotatable bonds is 3. The third kappa shape index (κ3) is 2.72. The summed E-state index contributed by atoms with van der Waals surface area (Å²) in [6, 6.07) is 0. The summed E-state index contributed by atoms with van der Waals surface area (Å²) in [4.78, 5) is 24.0. The maximum absolute atomic E-state index is 12.9. The molecule has 0 bridgehead atoms. The molecule has 156 valence electrons. The van der Waals surface area contributed by atoms with Crippen molar-refractivity contribution in [2.75, 3.05) is 6.61 Å². The average molecular weight is 391 g/mol. The van der Waals surface area contributed by atoms with Gasteiger partial charge in [-0.05, 0) is 74.5 Å². The summed E-state index contributed by atoms with van der Waals surface area (Å²) in [7, 11) is 0. The summed E-state index contributed by atoms with van der Waals surface area (Å²) in [5.41, 5.74) is -0.283. The van der Waals surface area contributed by atoms with E-state index in [2.05, 4.69) is 19.9 Å². The summed E-state index contributed by atoms with van der Waals surface area (Å²) in [5.74, 6) is 0.504. The van der Waals surface area contributed by atoms with Gasteiger partial charge in [0.2, 0.25) is 5.78 Å². The molecule has 3 fully saturated rings. The molecule has 0 heterocycles. The SMILES string of the molecule is CC(=O)OCC(=O)C1(O)CC[C@H]2[C@@H]3CC=C4C[C@@H](O)CC[C@]4(C)[C@H]3CC[C@@]21C. The molecule has 28 heavy (non-hydrogen) atoms. The van der Waals surface area contributed by atoms with Gasteiger partial charge >= 0.3 is 5.97 Å². The number of aliphatic hydroxyl groups excluding tert-OH is 1. The quantitative estimate of drug-likeness (QED) is 0.571. The van der Waals surface area contributed by atoms with Crippen LogP contribution in [0.25, 0.3) is 0 Å². The molecule has 4 rings (SSSR count). The van der Waals surface area contributed by atoms with Gasteiger partial charge in [0.1, 0.15) is 5.60 Å². The fourth-order valence-corrected chi connectivity index (χ4v) is 7.40. The Hall–Kier alpha value is -1.20. The van der Waals surface area contributed by atoms with Gasteiger partial charge < -0.3 is 14.9 Å². The molecule has 0 aliphatic heterocycles. The third-order valence-electron chi connectivity index (χ3n) is 9.10. The van der Waals surface area contributed by atoms with Crippen molar-refractivity contribution in [1.29, 1.82) is 0 Å². The summed E-state index contributed by atoms with van der Waals surface area (Å²) in [6.07, 6.45) is 8.96. The molecule has 0 aromatic heterocycles. The lowest BCUT2D eigenvalue weighted by Gasteiger charge is -2.58. The Morgan fingerprint density at radius 1 is 1.14 bits per heavy atom. The molecule has 7 atom stereocenters. The highest BCUT2D eigenvalue weighted by atomic mass is 16.5. The zero-order valence-electron chi connectivity index (χ0n) is 17.4. The van der Waals surface area contributed by atoms with Crippen LogP contribution in [0.1, 0.15) is 72.1 Å². The number of carbonyl (C=O) groups excluding carboxylic acids is 2. The Kier molecular flexibility index (Phi) is 4.78. The van der Waals surface area contributed by atoms with Crippen LogP contribution >= 0.6 is 0 Å². The Morgan fingerprint density at radius 2 is 1.86 bits per heavy atom. The predicted molar refractivity (Wildman–Crippen MR) is 104 cm³/mol. The first kappa shape index (κ1) is 20.1. The number of hydrogen-bond acceptors (Lipinski definition) is 5. The molecule has 0 radical (unpaired) electrons. The molecule has 5 nitrogen and oxygen atoms in total. The van der Waals surface area contributed by atoms with Gasteiger partial charge in [-0.25, -0.2) is 0 Å². The van der Waals surface area contributed by atoms with Gasteiger partial charge in [0, 0.05) is 12.3 Å². The van der Waals surface area contributed by atoms with Crippen LogP contribution in [0.2, 0.25) is 0 Å². The van der Waals surface area contributed by atoms with Crippen molar-refractivity contribution in [3.8, 4) is 0 Å². The first-order valence-corrected chi connectivity index (χ1v) is 10.9. The van der Waals surface area contributed by atoms with Crippen LogP contribution in [0, 0.1) is 28.6 Å². The predicted octanol–water partition coefficient (Wildman–Crippen LogP) is 3.17. The minimum Gasteiger partial charge on any atom is -0.458 e. The minimum atomic E-state index is -1.40. The average Bonchev–Trinajstić information content (AvgIpc) is 2.92. The van der Waals surface area contributed by atoms with Gasteiger partial charge in [0.05, 0.1) is 6.10 Å². The van der Waals surface area contributed by atoms with E-state index >= 15 is 0 Å². The van der Waals surface area contributed by atoms with Crippen molar-refractivity contribution >= 4 is 11.8 Å². The third-order valence-corrected chi connectivity index (χ3v) is 9.10. The Morgan fingerprint density at radius 3 is 2.57 bits per heavy atom. The Bertz CT molecular complexity index is 714. The van der Waals surface area contributed by atoms with E-state index in [0.717, 1.165) is 44.9 Å². The summed E-state index contributed by atoms with van der Waals surface area (Å²) < 4.78 is 4.93. The van der Waals surface area contributed by atoms with Gasteiger partial charge in [-0.3, -0.25) is 9.59 Å². The van der Waals surface area contributed by atoms with Crippen molar-refractivity contribution in [1.82, 2.24) is 0 Å². The lowest BCUT2D eigenvalue weighted by atomic mass is 9.46. The largest absolute Gasteiger partial charge is 0.458 e. The van der Waals surface area contributed by atoms with Gasteiger partial charge in [-0.1, -0.05) is 25.5 Å². The lowest BCUT2D eigenvalue weighted by Crippen LogP contribution is -2.58. The number of aliphatic hydroxyl groups is 2. The maximum Gasteiger partial charge on any atom is 0.303 e. The second kappa shape index (κ2) is 6.66. The molecule has 0 amide bonds. The normalized spacial score (nSPS) is 47.4. The molecular weight excluding hydrogens is 356 g/mol. The first-order valence-electron chi connectivity index (χ1n) is 10.9. The molecule has 0 spiro atoms. The first-order chi connectivity index (χ1) is 13.1. The second-order valence-corrected chi connectivity index (χ2v) is 10.2. The number of ketones is 1. The number of Topliss-reactive ketones (excluding diaryl/α,β-unsaturated/α-hetero) is 1. The van der Waals surface area contributed by atoms with Crippen LogP contribution in [-0.4, -0.2) is 40.3 Å². The fourth-order valence-electron chi connectivity index (χ4n) is 7.40. The van der Waals surface area contributed by atoms with Crippen LogP contribution in [0.5, 0.6) is 0 Å². The number of esters is 1. The molecule has 2 N–H and O–H groups in total. The molecule has 0 saturated heterocycles. The zero-order chi connectivity index (χ0) is 20.3. The van der Waals surface area contributed by atoms with Crippen molar-refractivity contribution in [2.24, 2.45) is 28.6 Å². The van der Waals surface area contributed by atoms with E-state index in [1.54, 1.807) is 0 Å². The monoisotopic (exact) mass is 390 g/mol. The maximum atomic E-state index is 12.9. The number of hydrogen-bond donors (Lipinski definition) is 2. The van der Waals surface area contributed by atoms with Gasteiger partial charge in [0.25, 0.3) is 0 Å². The molecule has 4 aliphatic rings. The van der Waals surface area contributed by atoms with Crippen LogP contribution in [0.3, 0.4) is 0 Å². The lowest BCUT2D eigenvalue weighted by molar-refractivity contribution is -0.168. The van der Waals surface area contributed by atoms with E-state index in [9.17, 15) is 19.8 Å². The highest BCUT2D eigenvalue weighted by Crippen LogP contribution is 2.67. The van der Waals surface area contributed by atoms with Crippen LogP contribution in [0.4, 0.5) is 0 Å². The Balaban J connectivity index is 1.60. The minimum absolute atomic E-state index is 0.145. The molecule has 0 aromatic rings. The van der Waals surface area contributed by atoms with E-state index < -0.39 is 17.0 Å². The molecule has 0 aromatic carbocycles. The summed E-state index contributed by atoms with van der Waals surface area (Å²) in [5, 5.41) is 21.6. The van der Waals surface area contributed by atoms with Crippen LogP contribution < -0.4 is 0 Å². The number of allylic oxidation sites excluding steroid dienone is 1. The van der Waals surface area contributed by atoms with Gasteiger partial charge in [-0.2, -0.15) is 0 Å². The van der Waals surface area contributed by atoms with E-state index in [1.165, 1.54) is 12.5 Å². The molecule has 1 unspecified atom stereocenters. The highest BCUT2D eigenvalue weighted by Gasteiger charge is 2.66. The van der Waals surface area contributed by atoms with E-state index in [0.29, 0.717) is 24.2 Å². The molecule has 3 saturated carbocycles. The number of fused-ring (bicyclic) bond motifs is 5. The molecule has 4 aliphatic carbocycles. The highest BCUT2D eigenvalue weighted by molar-refractivity contribution is 5.90. The van der Waals surface area contributed by atoms with Gasteiger partial charge in [-0.15, -0.1) is 0 Å². The Labute approximate surface area is 167 Å². The zero-order valence-corrected chi connectivity index (χ0v) is 17.4. The van der Waals surface area contributed by atoms with Crippen LogP contribution in [-0.2, 0) is 14.3 Å². The second-order valence-electron chi connectivity index (χ2n) is 10.2.